The van der Waals surface area contributed by atoms with Gasteiger partial charge in [0.05, 0.1) is 11.4 Å². The lowest BCUT2D eigenvalue weighted by Gasteiger charge is -2.43. The number of rotatable bonds is 1. The van der Waals surface area contributed by atoms with E-state index in [-0.39, 0.29) is 5.91 Å². The molecule has 2 rings (SSSR count). The molecule has 0 spiro atoms. The quantitative estimate of drug-likeness (QED) is 0.859. The van der Waals surface area contributed by atoms with E-state index in [0.717, 1.165) is 22.4 Å². The SMILES string of the molecule is CCN1c2c(Br)cccc2NC(=O)C1(C)C. The van der Waals surface area contributed by atoms with Gasteiger partial charge in [0.15, 0.2) is 0 Å². The lowest BCUT2D eigenvalue weighted by Crippen LogP contribution is -2.56. The molecule has 0 radical (unpaired) electrons. The first kappa shape index (κ1) is 11.5. The zero-order valence-corrected chi connectivity index (χ0v) is 11.3. The highest BCUT2D eigenvalue weighted by Crippen LogP contribution is 2.41. The van der Waals surface area contributed by atoms with Gasteiger partial charge in [-0.2, -0.15) is 0 Å². The number of fused-ring (bicyclic) bond motifs is 1. The largest absolute Gasteiger partial charge is 0.355 e. The second kappa shape index (κ2) is 3.77. The molecule has 1 aromatic carbocycles. The maximum Gasteiger partial charge on any atom is 0.249 e. The summed E-state index contributed by atoms with van der Waals surface area (Å²) < 4.78 is 1.01. The van der Waals surface area contributed by atoms with Crippen molar-refractivity contribution in [3.8, 4) is 0 Å². The number of nitrogens with one attached hydrogen (secondary N) is 1. The Morgan fingerprint density at radius 2 is 2.12 bits per heavy atom. The first-order valence-corrected chi connectivity index (χ1v) is 6.15. The monoisotopic (exact) mass is 282 g/mol. The lowest BCUT2D eigenvalue weighted by atomic mass is 9.96. The minimum atomic E-state index is -0.508. The van der Waals surface area contributed by atoms with E-state index in [1.807, 2.05) is 32.0 Å². The van der Waals surface area contributed by atoms with Gasteiger partial charge in [-0.1, -0.05) is 6.07 Å². The summed E-state index contributed by atoms with van der Waals surface area (Å²) >= 11 is 3.54. The maximum atomic E-state index is 12.0. The van der Waals surface area contributed by atoms with Crippen molar-refractivity contribution < 1.29 is 4.79 Å². The van der Waals surface area contributed by atoms with Gasteiger partial charge in [-0.05, 0) is 48.8 Å². The van der Waals surface area contributed by atoms with E-state index in [4.69, 9.17) is 0 Å². The van der Waals surface area contributed by atoms with Crippen LogP contribution in [0.25, 0.3) is 0 Å². The molecular weight excluding hydrogens is 268 g/mol. The topological polar surface area (TPSA) is 32.3 Å². The Morgan fingerprint density at radius 1 is 1.44 bits per heavy atom. The molecule has 1 aliphatic heterocycles. The summed E-state index contributed by atoms with van der Waals surface area (Å²) in [5.41, 5.74) is 1.43. The number of amides is 1. The number of benzene rings is 1. The Labute approximate surface area is 104 Å². The molecule has 0 aromatic heterocycles. The van der Waals surface area contributed by atoms with Crippen LogP contribution in [-0.4, -0.2) is 18.0 Å². The third-order valence-corrected chi connectivity index (χ3v) is 3.69. The third kappa shape index (κ3) is 1.52. The Kier molecular flexibility index (Phi) is 2.70. The van der Waals surface area contributed by atoms with Crippen molar-refractivity contribution >= 4 is 33.2 Å². The number of para-hydroxylation sites is 1. The molecule has 1 N–H and O–H groups in total. The predicted octanol–water partition coefficient (Wildman–Crippen LogP) is 3.01. The van der Waals surface area contributed by atoms with Crippen LogP contribution in [0.3, 0.4) is 0 Å². The summed E-state index contributed by atoms with van der Waals surface area (Å²) in [6.07, 6.45) is 0. The number of anilines is 2. The number of hydrogen-bond donors (Lipinski definition) is 1. The highest BCUT2D eigenvalue weighted by atomic mass is 79.9. The van der Waals surface area contributed by atoms with Crippen molar-refractivity contribution in [3.63, 3.8) is 0 Å². The summed E-state index contributed by atoms with van der Waals surface area (Å²) in [4.78, 5) is 14.1. The van der Waals surface area contributed by atoms with Gasteiger partial charge in [-0.25, -0.2) is 0 Å². The highest BCUT2D eigenvalue weighted by molar-refractivity contribution is 9.10. The van der Waals surface area contributed by atoms with Crippen molar-refractivity contribution in [1.82, 2.24) is 0 Å². The van der Waals surface area contributed by atoms with Crippen LogP contribution in [0, 0.1) is 0 Å². The van der Waals surface area contributed by atoms with Gasteiger partial charge in [0.2, 0.25) is 5.91 Å². The Balaban J connectivity index is 2.63. The molecule has 0 bridgehead atoms. The molecule has 0 unspecified atom stereocenters. The minimum Gasteiger partial charge on any atom is -0.355 e. The van der Waals surface area contributed by atoms with Crippen LogP contribution in [0.4, 0.5) is 11.4 Å². The maximum absolute atomic E-state index is 12.0. The molecule has 1 aliphatic rings. The lowest BCUT2D eigenvalue weighted by molar-refractivity contribution is -0.120. The number of carbonyl (C=O) groups excluding carboxylic acids is 1. The molecule has 1 heterocycles. The Morgan fingerprint density at radius 3 is 2.75 bits per heavy atom. The molecular formula is C12H15BrN2O. The van der Waals surface area contributed by atoms with E-state index in [9.17, 15) is 4.79 Å². The van der Waals surface area contributed by atoms with Gasteiger partial charge in [0.25, 0.3) is 0 Å². The molecule has 4 heteroatoms. The van der Waals surface area contributed by atoms with Crippen molar-refractivity contribution in [2.24, 2.45) is 0 Å². The van der Waals surface area contributed by atoms with Crippen LogP contribution in [0.5, 0.6) is 0 Å². The number of likely N-dealkylation sites (N-methyl/N-ethyl adjacent to an activating group) is 1. The molecule has 1 aromatic rings. The summed E-state index contributed by atoms with van der Waals surface area (Å²) in [6, 6.07) is 5.85. The fourth-order valence-corrected chi connectivity index (χ4v) is 2.70. The van der Waals surface area contributed by atoms with Crippen LogP contribution in [-0.2, 0) is 4.79 Å². The van der Waals surface area contributed by atoms with Crippen LogP contribution >= 0.6 is 15.9 Å². The minimum absolute atomic E-state index is 0.0416. The average molecular weight is 283 g/mol. The van der Waals surface area contributed by atoms with Crippen molar-refractivity contribution in [2.75, 3.05) is 16.8 Å². The average Bonchev–Trinajstić information content (AvgIpc) is 2.21. The summed E-state index contributed by atoms with van der Waals surface area (Å²) in [5, 5.41) is 2.94. The van der Waals surface area contributed by atoms with Crippen molar-refractivity contribution in [2.45, 2.75) is 26.3 Å². The third-order valence-electron chi connectivity index (χ3n) is 3.05. The molecule has 86 valence electrons. The van der Waals surface area contributed by atoms with E-state index < -0.39 is 5.54 Å². The second-order valence-electron chi connectivity index (χ2n) is 4.39. The summed E-state index contributed by atoms with van der Waals surface area (Å²) in [5.74, 6) is 0.0416. The van der Waals surface area contributed by atoms with Gasteiger partial charge < -0.3 is 10.2 Å². The first-order valence-electron chi connectivity index (χ1n) is 5.36. The Bertz CT molecular complexity index is 443. The number of hydrogen-bond acceptors (Lipinski definition) is 2. The van der Waals surface area contributed by atoms with Gasteiger partial charge in [0, 0.05) is 11.0 Å². The second-order valence-corrected chi connectivity index (χ2v) is 5.25. The summed E-state index contributed by atoms with van der Waals surface area (Å²) in [6.45, 7) is 6.74. The molecule has 1 amide bonds. The van der Waals surface area contributed by atoms with E-state index in [1.54, 1.807) is 0 Å². The highest BCUT2D eigenvalue weighted by Gasteiger charge is 2.39. The predicted molar refractivity (Wildman–Crippen MR) is 69.9 cm³/mol. The molecule has 0 saturated carbocycles. The van der Waals surface area contributed by atoms with Gasteiger partial charge in [0.1, 0.15) is 5.54 Å². The van der Waals surface area contributed by atoms with Crippen LogP contribution < -0.4 is 10.2 Å². The van der Waals surface area contributed by atoms with E-state index in [2.05, 4.69) is 33.1 Å². The fraction of sp³-hybridized carbons (Fsp3) is 0.417. The van der Waals surface area contributed by atoms with Gasteiger partial charge in [-0.3, -0.25) is 4.79 Å². The standard InChI is InChI=1S/C12H15BrN2O/c1-4-15-10-8(13)6-5-7-9(10)14-11(16)12(15,2)3/h5-7H,4H2,1-3H3,(H,14,16). The fourth-order valence-electron chi connectivity index (χ4n) is 2.12. The van der Waals surface area contributed by atoms with Crippen molar-refractivity contribution in [1.29, 1.82) is 0 Å². The molecule has 3 nitrogen and oxygen atoms in total. The smallest absolute Gasteiger partial charge is 0.249 e. The number of nitrogens with zero attached hydrogens (tertiary/aromatic N) is 1. The van der Waals surface area contributed by atoms with Crippen LogP contribution in [0.1, 0.15) is 20.8 Å². The summed E-state index contributed by atoms with van der Waals surface area (Å²) in [7, 11) is 0. The first-order chi connectivity index (χ1) is 7.48. The number of halogens is 1. The normalized spacial score (nSPS) is 18.0. The van der Waals surface area contributed by atoms with Crippen LogP contribution in [0.2, 0.25) is 0 Å². The van der Waals surface area contributed by atoms with Gasteiger partial charge in [-0.15, -0.1) is 0 Å². The van der Waals surface area contributed by atoms with Gasteiger partial charge >= 0.3 is 0 Å². The molecule has 0 atom stereocenters. The number of carbonyl (C=O) groups is 1. The molecule has 16 heavy (non-hydrogen) atoms. The molecule has 0 fully saturated rings. The molecule has 0 saturated heterocycles. The van der Waals surface area contributed by atoms with Crippen LogP contribution in [0.15, 0.2) is 22.7 Å². The zero-order valence-electron chi connectivity index (χ0n) is 9.67. The van der Waals surface area contributed by atoms with E-state index in [1.165, 1.54) is 0 Å². The van der Waals surface area contributed by atoms with E-state index in [0.29, 0.717) is 0 Å². The van der Waals surface area contributed by atoms with Crippen molar-refractivity contribution in [3.05, 3.63) is 22.7 Å². The Hall–Kier alpha value is -1.03. The van der Waals surface area contributed by atoms with E-state index >= 15 is 0 Å². The molecule has 0 aliphatic carbocycles. The zero-order chi connectivity index (χ0) is 11.9.